The average molecular weight is 657 g/mol. The van der Waals surface area contributed by atoms with Crippen LogP contribution in [0.2, 0.25) is 5.02 Å². The number of alkyl halides is 3. The summed E-state index contributed by atoms with van der Waals surface area (Å²) in [4.78, 5) is 27.7. The first-order chi connectivity index (χ1) is 21.5. The maximum absolute atomic E-state index is 14.3. The number of hydrogen-bond acceptors (Lipinski definition) is 5. The number of anilines is 2. The summed E-state index contributed by atoms with van der Waals surface area (Å²) >= 11 is 6.37. The molecule has 15 heteroatoms. The fraction of sp³-hybridized carbons (Fsp3) is 0.226. The van der Waals surface area contributed by atoms with Crippen molar-refractivity contribution in [2.24, 2.45) is 0 Å². The van der Waals surface area contributed by atoms with Crippen molar-refractivity contribution >= 4 is 34.9 Å². The van der Waals surface area contributed by atoms with Gasteiger partial charge in [-0.15, -0.1) is 0 Å². The van der Waals surface area contributed by atoms with E-state index in [-0.39, 0.29) is 33.1 Å². The summed E-state index contributed by atoms with van der Waals surface area (Å²) in [6, 6.07) is 8.63. The van der Waals surface area contributed by atoms with Crippen LogP contribution in [0.1, 0.15) is 46.9 Å². The monoisotopic (exact) mass is 656 g/mol. The molecule has 3 amide bonds. The molecule has 6 rings (SSSR count). The summed E-state index contributed by atoms with van der Waals surface area (Å²) in [7, 11) is 0. The summed E-state index contributed by atoms with van der Waals surface area (Å²) in [6.45, 7) is 1.97. The van der Waals surface area contributed by atoms with Crippen LogP contribution in [0, 0.1) is 23.0 Å². The van der Waals surface area contributed by atoms with Gasteiger partial charge in [0.1, 0.15) is 17.2 Å². The van der Waals surface area contributed by atoms with E-state index in [4.69, 9.17) is 11.6 Å². The number of nitrogens with zero attached hydrogens (tertiary/aromatic N) is 4. The topological polar surface area (TPSA) is 123 Å². The smallest absolute Gasteiger partial charge is 0.375 e. The molecule has 46 heavy (non-hydrogen) atoms. The van der Waals surface area contributed by atoms with Gasteiger partial charge >= 0.3 is 12.2 Å². The lowest BCUT2D eigenvalue weighted by Crippen LogP contribution is -2.48. The van der Waals surface area contributed by atoms with E-state index in [2.05, 4.69) is 21.8 Å². The number of aliphatic hydroxyl groups is 1. The molecule has 0 bridgehead atoms. The van der Waals surface area contributed by atoms with Crippen LogP contribution in [0.3, 0.4) is 0 Å². The first-order valence-corrected chi connectivity index (χ1v) is 14.0. The minimum atomic E-state index is -5.27. The molecule has 2 aliphatic rings. The van der Waals surface area contributed by atoms with Crippen LogP contribution in [-0.4, -0.2) is 39.5 Å². The molecule has 2 aliphatic heterocycles. The third kappa shape index (κ3) is 4.92. The first-order valence-electron chi connectivity index (χ1n) is 13.6. The molecular formula is C31H22ClF5N6O3. The van der Waals surface area contributed by atoms with Gasteiger partial charge in [0.2, 0.25) is 5.60 Å². The van der Waals surface area contributed by atoms with E-state index in [1.807, 2.05) is 0 Å². The van der Waals surface area contributed by atoms with E-state index in [1.165, 1.54) is 29.1 Å². The number of rotatable bonds is 4. The normalized spacial score (nSPS) is 19.0. The Hall–Kier alpha value is -5.00. The van der Waals surface area contributed by atoms with E-state index in [0.29, 0.717) is 22.1 Å². The highest BCUT2D eigenvalue weighted by Gasteiger charge is 2.61. The molecule has 0 spiro atoms. The second-order valence-electron chi connectivity index (χ2n) is 11.4. The Morgan fingerprint density at radius 3 is 2.52 bits per heavy atom. The number of urea groups is 1. The van der Waals surface area contributed by atoms with Crippen molar-refractivity contribution in [1.29, 1.82) is 5.26 Å². The number of carbonyl (C=O) groups is 2. The lowest BCUT2D eigenvalue weighted by Gasteiger charge is -2.27. The maximum atomic E-state index is 14.3. The van der Waals surface area contributed by atoms with Gasteiger partial charge in [0.25, 0.3) is 5.91 Å². The third-order valence-corrected chi connectivity index (χ3v) is 8.40. The molecule has 0 unspecified atom stereocenters. The number of fused-ring (bicyclic) bond motifs is 2. The summed E-state index contributed by atoms with van der Waals surface area (Å²) in [5, 5.41) is 29.8. The molecule has 0 saturated heterocycles. The molecule has 2 atom stereocenters. The maximum Gasteiger partial charge on any atom is 0.423 e. The Morgan fingerprint density at radius 1 is 1.13 bits per heavy atom. The highest BCUT2D eigenvalue weighted by atomic mass is 35.5. The summed E-state index contributed by atoms with van der Waals surface area (Å²) in [6.07, 6.45) is -2.30. The summed E-state index contributed by atoms with van der Waals surface area (Å²) in [5.41, 5.74) is -4.79. The van der Waals surface area contributed by atoms with Gasteiger partial charge in [-0.3, -0.25) is 14.4 Å². The summed E-state index contributed by atoms with van der Waals surface area (Å²) in [5.74, 6) is -2.33. The van der Waals surface area contributed by atoms with Crippen LogP contribution >= 0.6 is 11.6 Å². The van der Waals surface area contributed by atoms with Crippen LogP contribution < -0.4 is 15.5 Å². The molecule has 0 saturated carbocycles. The zero-order chi connectivity index (χ0) is 33.3. The number of hydrogen-bond donors (Lipinski definition) is 3. The van der Waals surface area contributed by atoms with Gasteiger partial charge in [0, 0.05) is 44.7 Å². The van der Waals surface area contributed by atoms with Crippen molar-refractivity contribution in [2.45, 2.75) is 37.2 Å². The number of nitriles is 1. The Balaban J connectivity index is 1.48. The largest absolute Gasteiger partial charge is 0.423 e. The summed E-state index contributed by atoms with van der Waals surface area (Å²) < 4.78 is 71.9. The minimum absolute atomic E-state index is 0.0427. The van der Waals surface area contributed by atoms with E-state index in [0.717, 1.165) is 24.3 Å². The van der Waals surface area contributed by atoms with Gasteiger partial charge in [-0.1, -0.05) is 11.6 Å². The molecule has 3 heterocycles. The number of nitrogens with one attached hydrogen (secondary N) is 2. The van der Waals surface area contributed by atoms with Crippen LogP contribution in [0.25, 0.3) is 11.1 Å². The van der Waals surface area contributed by atoms with Gasteiger partial charge < -0.3 is 15.7 Å². The predicted octanol–water partition coefficient (Wildman–Crippen LogP) is 6.38. The Labute approximate surface area is 262 Å². The van der Waals surface area contributed by atoms with Gasteiger partial charge in [-0.05, 0) is 67.9 Å². The number of amides is 3. The quantitative estimate of drug-likeness (QED) is 0.220. The molecule has 3 aromatic carbocycles. The lowest BCUT2D eigenvalue weighted by molar-refractivity contribution is -0.258. The molecule has 0 fully saturated rings. The molecule has 4 aromatic rings. The molecule has 1 aromatic heterocycles. The predicted molar refractivity (Wildman–Crippen MR) is 156 cm³/mol. The number of benzene rings is 3. The number of halogens is 6. The zero-order valence-corrected chi connectivity index (χ0v) is 24.6. The second-order valence-corrected chi connectivity index (χ2v) is 11.8. The van der Waals surface area contributed by atoms with Crippen LogP contribution in [0.5, 0.6) is 0 Å². The van der Waals surface area contributed by atoms with Crippen LogP contribution in [0.15, 0.2) is 60.9 Å². The lowest BCUT2D eigenvalue weighted by atomic mass is 9.93. The van der Waals surface area contributed by atoms with Gasteiger partial charge in [-0.25, -0.2) is 13.6 Å². The van der Waals surface area contributed by atoms with E-state index in [1.54, 1.807) is 20.0 Å². The average Bonchev–Trinajstić information content (AvgIpc) is 3.70. The van der Waals surface area contributed by atoms with Crippen molar-refractivity contribution in [3.05, 3.63) is 99.8 Å². The van der Waals surface area contributed by atoms with Crippen molar-refractivity contribution in [3.8, 4) is 17.2 Å². The van der Waals surface area contributed by atoms with Crippen LogP contribution in [-0.2, 0) is 11.1 Å². The molecule has 236 valence electrons. The highest BCUT2D eigenvalue weighted by molar-refractivity contribution is 6.31. The van der Waals surface area contributed by atoms with Crippen molar-refractivity contribution in [2.75, 3.05) is 16.8 Å². The molecule has 0 radical (unpaired) electrons. The van der Waals surface area contributed by atoms with E-state index < -0.39 is 59.0 Å². The van der Waals surface area contributed by atoms with Gasteiger partial charge in [-0.2, -0.15) is 23.5 Å². The van der Waals surface area contributed by atoms with Gasteiger partial charge in [0.15, 0.2) is 0 Å². The second kappa shape index (κ2) is 10.5. The minimum Gasteiger partial charge on any atom is -0.375 e. The zero-order valence-electron chi connectivity index (χ0n) is 23.9. The standard InChI is InChI=1S/C31H22ClF5N6O3/c1-29(2,13-38)43-12-16(11-39-43)15-7-20-25(26(41-27(20)44)19-9-17(33)3-5-22(19)32)23(8-15)40-28(45)42-14-30(46,31(35,36)37)21-10-18(34)4-6-24(21)42/h3-12,26,46H,14H2,1-2H3,(H,40,45)(H,41,44)/t26-,30+/m1/s1. The SMILES string of the molecule is CC(C)(C#N)n1cc(-c2cc(NC(=O)N3C[C@@](O)(C(F)(F)F)c4cc(F)ccc43)c3c(c2)C(=O)N[C@@H]3c2cc(F)ccc2Cl)cn1. The highest BCUT2D eigenvalue weighted by Crippen LogP contribution is 2.49. The number of aromatic nitrogens is 2. The van der Waals surface area contributed by atoms with E-state index >= 15 is 0 Å². The van der Waals surface area contributed by atoms with Crippen molar-refractivity contribution in [1.82, 2.24) is 15.1 Å². The fourth-order valence-electron chi connectivity index (χ4n) is 5.58. The van der Waals surface area contributed by atoms with E-state index in [9.17, 15) is 41.9 Å². The Morgan fingerprint density at radius 2 is 1.83 bits per heavy atom. The molecule has 3 N–H and O–H groups in total. The molecular weight excluding hydrogens is 635 g/mol. The van der Waals surface area contributed by atoms with Crippen LogP contribution in [0.4, 0.5) is 38.1 Å². The first kappa shape index (κ1) is 31.0. The fourth-order valence-corrected chi connectivity index (χ4v) is 5.81. The van der Waals surface area contributed by atoms with Crippen molar-refractivity contribution in [3.63, 3.8) is 0 Å². The Kier molecular flexibility index (Phi) is 7.10. The number of β-amino-alcohol motifs (C(OH)–C–C–N with tert-alkyl or cyclic N) is 1. The third-order valence-electron chi connectivity index (χ3n) is 8.06. The molecule has 9 nitrogen and oxygen atoms in total. The Bertz CT molecular complexity index is 1990. The van der Waals surface area contributed by atoms with Crippen molar-refractivity contribution < 1.29 is 36.6 Å². The molecule has 0 aliphatic carbocycles. The number of carbonyl (C=O) groups excluding carboxylic acids is 2. The van der Waals surface area contributed by atoms with Gasteiger partial charge in [0.05, 0.1) is 30.5 Å².